The third-order valence-electron chi connectivity index (χ3n) is 6.07. The first kappa shape index (κ1) is 20.3. The highest BCUT2D eigenvalue weighted by Crippen LogP contribution is 2.32. The number of benzene rings is 1. The van der Waals surface area contributed by atoms with Crippen molar-refractivity contribution in [2.45, 2.75) is 51.6 Å². The molecule has 0 spiro atoms. The number of imidazole rings is 1. The van der Waals surface area contributed by atoms with Gasteiger partial charge in [0.2, 0.25) is 11.7 Å². The summed E-state index contributed by atoms with van der Waals surface area (Å²) in [4.78, 5) is 32.5. The molecule has 0 aliphatic heterocycles. The highest BCUT2D eigenvalue weighted by Gasteiger charge is 2.27. The van der Waals surface area contributed by atoms with Crippen molar-refractivity contribution in [3.63, 3.8) is 0 Å². The van der Waals surface area contributed by atoms with Gasteiger partial charge in [-0.1, -0.05) is 31.8 Å². The predicted molar refractivity (Wildman–Crippen MR) is 117 cm³/mol. The zero-order chi connectivity index (χ0) is 22.2. The second kappa shape index (κ2) is 8.14. The number of rotatable bonds is 6. The van der Waals surface area contributed by atoms with Gasteiger partial charge in [-0.25, -0.2) is 4.79 Å². The molecule has 166 valence electrons. The van der Waals surface area contributed by atoms with E-state index in [0.717, 1.165) is 42.3 Å². The number of hydrogen-bond acceptors (Lipinski definition) is 6. The average Bonchev–Trinajstić information content (AvgIpc) is 3.57. The van der Waals surface area contributed by atoms with E-state index < -0.39 is 6.04 Å². The van der Waals surface area contributed by atoms with Crippen LogP contribution in [0.5, 0.6) is 0 Å². The lowest BCUT2D eigenvalue weighted by molar-refractivity contribution is 0.0885. The number of furan rings is 1. The van der Waals surface area contributed by atoms with Gasteiger partial charge in [-0.3, -0.25) is 9.36 Å². The standard InChI is InChI=1S/C23H25N5O4/c1-13(2)19(25-21(29)18-8-5-11-31-18)22-26-20(27-32-22)14-9-10-17-16(12-14)24-23(30)28(17)15-6-3-4-7-15/h5,8-13,15,19H,3-4,6-7H2,1-2H3,(H,24,30)(H,25,29)/t19-/m0/s1. The minimum Gasteiger partial charge on any atom is -0.459 e. The summed E-state index contributed by atoms with van der Waals surface area (Å²) in [6, 6.07) is 8.72. The fourth-order valence-electron chi connectivity index (χ4n) is 4.41. The van der Waals surface area contributed by atoms with Gasteiger partial charge in [0.1, 0.15) is 6.04 Å². The van der Waals surface area contributed by atoms with Crippen molar-refractivity contribution in [1.82, 2.24) is 25.0 Å². The van der Waals surface area contributed by atoms with Gasteiger partial charge < -0.3 is 19.2 Å². The molecule has 0 radical (unpaired) electrons. The molecule has 0 saturated heterocycles. The van der Waals surface area contributed by atoms with Crippen LogP contribution in [0, 0.1) is 5.92 Å². The van der Waals surface area contributed by atoms with Crippen LogP contribution in [0.4, 0.5) is 0 Å². The van der Waals surface area contributed by atoms with Crippen LogP contribution in [0.25, 0.3) is 22.4 Å². The van der Waals surface area contributed by atoms with Crippen LogP contribution in [0.1, 0.15) is 68.1 Å². The van der Waals surface area contributed by atoms with Crippen LogP contribution < -0.4 is 11.0 Å². The number of amides is 1. The summed E-state index contributed by atoms with van der Waals surface area (Å²) in [6.07, 6.45) is 5.82. The topological polar surface area (TPSA) is 119 Å². The average molecular weight is 435 g/mol. The maximum Gasteiger partial charge on any atom is 0.326 e. The Labute approximate surface area is 183 Å². The van der Waals surface area contributed by atoms with Crippen LogP contribution in [-0.4, -0.2) is 25.6 Å². The quantitative estimate of drug-likeness (QED) is 0.468. The first-order valence-electron chi connectivity index (χ1n) is 10.9. The first-order valence-corrected chi connectivity index (χ1v) is 10.9. The smallest absolute Gasteiger partial charge is 0.326 e. The van der Waals surface area contributed by atoms with E-state index in [2.05, 4.69) is 20.4 Å². The van der Waals surface area contributed by atoms with Crippen LogP contribution in [0.15, 0.2) is 50.3 Å². The lowest BCUT2D eigenvalue weighted by atomic mass is 10.0. The van der Waals surface area contributed by atoms with Crippen molar-refractivity contribution in [3.8, 4) is 11.4 Å². The molecule has 9 nitrogen and oxygen atoms in total. The Morgan fingerprint density at radius 2 is 2.06 bits per heavy atom. The second-order valence-electron chi connectivity index (χ2n) is 8.60. The third-order valence-corrected chi connectivity index (χ3v) is 6.07. The van der Waals surface area contributed by atoms with Crippen molar-refractivity contribution < 1.29 is 13.7 Å². The largest absolute Gasteiger partial charge is 0.459 e. The minimum absolute atomic E-state index is 0.0153. The van der Waals surface area contributed by atoms with Crippen molar-refractivity contribution >= 4 is 16.9 Å². The van der Waals surface area contributed by atoms with E-state index in [1.54, 1.807) is 12.1 Å². The molecule has 9 heteroatoms. The number of aromatic nitrogens is 4. The molecule has 2 N–H and O–H groups in total. The van der Waals surface area contributed by atoms with E-state index in [1.807, 2.05) is 36.6 Å². The molecule has 1 saturated carbocycles. The van der Waals surface area contributed by atoms with E-state index >= 15 is 0 Å². The van der Waals surface area contributed by atoms with E-state index in [-0.39, 0.29) is 29.3 Å². The minimum atomic E-state index is -0.471. The summed E-state index contributed by atoms with van der Waals surface area (Å²) < 4.78 is 12.5. The lowest BCUT2D eigenvalue weighted by Crippen LogP contribution is -2.31. The number of aromatic amines is 1. The van der Waals surface area contributed by atoms with Gasteiger partial charge in [-0.05, 0) is 49.1 Å². The zero-order valence-corrected chi connectivity index (χ0v) is 18.0. The Kier molecular flexibility index (Phi) is 5.16. The summed E-state index contributed by atoms with van der Waals surface area (Å²) in [7, 11) is 0. The highest BCUT2D eigenvalue weighted by molar-refractivity contribution is 5.91. The molecule has 1 aliphatic rings. The van der Waals surface area contributed by atoms with Gasteiger partial charge in [0.15, 0.2) is 5.76 Å². The molecule has 1 atom stereocenters. The second-order valence-corrected chi connectivity index (χ2v) is 8.60. The SMILES string of the molecule is CC(C)[C@H](NC(=O)c1ccco1)c1nc(-c2ccc3c(c2)[nH]c(=O)n3C2CCCC2)no1. The Balaban J connectivity index is 1.43. The monoisotopic (exact) mass is 435 g/mol. The number of nitrogens with one attached hydrogen (secondary N) is 2. The lowest BCUT2D eigenvalue weighted by Gasteiger charge is -2.17. The van der Waals surface area contributed by atoms with E-state index in [4.69, 9.17) is 8.94 Å². The summed E-state index contributed by atoms with van der Waals surface area (Å²) in [5, 5.41) is 7.01. The molecule has 3 heterocycles. The van der Waals surface area contributed by atoms with E-state index in [0.29, 0.717) is 11.7 Å². The van der Waals surface area contributed by atoms with Gasteiger partial charge >= 0.3 is 5.69 Å². The van der Waals surface area contributed by atoms with Gasteiger partial charge in [-0.15, -0.1) is 0 Å². The molecule has 4 aromatic rings. The number of fused-ring (bicyclic) bond motifs is 1. The van der Waals surface area contributed by atoms with Crippen LogP contribution in [-0.2, 0) is 0 Å². The summed E-state index contributed by atoms with van der Waals surface area (Å²) in [5.74, 6) is 0.597. The van der Waals surface area contributed by atoms with Crippen molar-refractivity contribution in [2.75, 3.05) is 0 Å². The molecule has 1 aromatic carbocycles. The molecule has 32 heavy (non-hydrogen) atoms. The van der Waals surface area contributed by atoms with Gasteiger partial charge in [0.05, 0.1) is 17.3 Å². The van der Waals surface area contributed by atoms with Crippen LogP contribution in [0.2, 0.25) is 0 Å². The molecule has 1 aliphatic carbocycles. The van der Waals surface area contributed by atoms with E-state index in [9.17, 15) is 9.59 Å². The first-order chi connectivity index (χ1) is 15.5. The molecule has 1 amide bonds. The van der Waals surface area contributed by atoms with Gasteiger partial charge in [0, 0.05) is 11.6 Å². The Bertz CT molecular complexity index is 1290. The van der Waals surface area contributed by atoms with E-state index in [1.165, 1.54) is 6.26 Å². The molecule has 0 unspecified atom stereocenters. The van der Waals surface area contributed by atoms with Crippen LogP contribution >= 0.6 is 0 Å². The zero-order valence-electron chi connectivity index (χ0n) is 18.0. The maximum absolute atomic E-state index is 12.6. The summed E-state index contributed by atoms with van der Waals surface area (Å²) in [6.45, 7) is 3.92. The molecule has 0 bridgehead atoms. The van der Waals surface area contributed by atoms with Gasteiger partial charge in [0.25, 0.3) is 5.91 Å². The Morgan fingerprint density at radius 1 is 1.25 bits per heavy atom. The van der Waals surface area contributed by atoms with Gasteiger partial charge in [-0.2, -0.15) is 4.98 Å². The van der Waals surface area contributed by atoms with Crippen molar-refractivity contribution in [3.05, 3.63) is 58.7 Å². The fraction of sp³-hybridized carbons (Fsp3) is 0.391. The summed E-state index contributed by atoms with van der Waals surface area (Å²) in [5.41, 5.74) is 2.28. The number of carbonyl (C=O) groups is 1. The maximum atomic E-state index is 12.6. The fourth-order valence-corrected chi connectivity index (χ4v) is 4.41. The van der Waals surface area contributed by atoms with Crippen LogP contribution in [0.3, 0.4) is 0 Å². The predicted octanol–water partition coefficient (Wildman–Crippen LogP) is 4.21. The highest BCUT2D eigenvalue weighted by atomic mass is 16.5. The molecule has 5 rings (SSSR count). The normalized spacial score (nSPS) is 15.6. The molecular formula is C23H25N5O4. The number of hydrogen-bond donors (Lipinski definition) is 2. The van der Waals surface area contributed by atoms with Crippen molar-refractivity contribution in [1.29, 1.82) is 0 Å². The third kappa shape index (κ3) is 3.63. The Morgan fingerprint density at radius 3 is 2.78 bits per heavy atom. The molecule has 3 aromatic heterocycles. The Hall–Kier alpha value is -3.62. The summed E-state index contributed by atoms with van der Waals surface area (Å²) >= 11 is 0. The number of nitrogens with zero attached hydrogens (tertiary/aromatic N) is 3. The molecular weight excluding hydrogens is 410 g/mol. The number of H-pyrrole nitrogens is 1. The number of carbonyl (C=O) groups excluding carboxylic acids is 1. The molecule has 1 fully saturated rings. The van der Waals surface area contributed by atoms with Crippen molar-refractivity contribution in [2.24, 2.45) is 5.92 Å².